The molecule has 0 aliphatic carbocycles. The second-order valence-corrected chi connectivity index (χ2v) is 3.18. The van der Waals surface area contributed by atoms with E-state index in [1.54, 1.807) is 6.07 Å². The van der Waals surface area contributed by atoms with Crippen LogP contribution in [-0.2, 0) is 9.47 Å². The number of ether oxygens (including phenoxy) is 3. The van der Waals surface area contributed by atoms with Crippen molar-refractivity contribution in [1.82, 2.24) is 0 Å². The molecule has 1 aromatic carbocycles. The van der Waals surface area contributed by atoms with Crippen molar-refractivity contribution >= 4 is 0 Å². The maximum atomic E-state index is 13.4. The van der Waals surface area contributed by atoms with Crippen molar-refractivity contribution in [2.75, 3.05) is 21.3 Å². The van der Waals surface area contributed by atoms with Gasteiger partial charge >= 0.3 is 0 Å². The Labute approximate surface area is 93.6 Å². The van der Waals surface area contributed by atoms with Crippen molar-refractivity contribution in [1.29, 1.82) is 0 Å². The Morgan fingerprint density at radius 2 is 1.81 bits per heavy atom. The van der Waals surface area contributed by atoms with E-state index in [2.05, 4.69) is 0 Å². The SMILES string of the molecule is COc1ccc(C(O)C(OC)OC)cc1F. The fraction of sp³-hybridized carbons (Fsp3) is 0.455. The van der Waals surface area contributed by atoms with Gasteiger partial charge in [0.05, 0.1) is 7.11 Å². The summed E-state index contributed by atoms with van der Waals surface area (Å²) in [6.45, 7) is 0. The van der Waals surface area contributed by atoms with Crippen LogP contribution in [-0.4, -0.2) is 32.7 Å². The van der Waals surface area contributed by atoms with E-state index in [-0.39, 0.29) is 5.75 Å². The molecule has 1 N–H and O–H groups in total. The number of aliphatic hydroxyl groups excluding tert-OH is 1. The Balaban J connectivity index is 2.91. The topological polar surface area (TPSA) is 47.9 Å². The summed E-state index contributed by atoms with van der Waals surface area (Å²) in [6.07, 6.45) is -1.87. The van der Waals surface area contributed by atoms with Gasteiger partial charge in [-0.2, -0.15) is 0 Å². The van der Waals surface area contributed by atoms with Crippen LogP contribution in [0.4, 0.5) is 4.39 Å². The molecule has 16 heavy (non-hydrogen) atoms. The smallest absolute Gasteiger partial charge is 0.187 e. The molecule has 0 aliphatic heterocycles. The molecule has 0 aromatic heterocycles. The summed E-state index contributed by atoms with van der Waals surface area (Å²) in [7, 11) is 4.18. The lowest BCUT2D eigenvalue weighted by molar-refractivity contribution is -0.166. The van der Waals surface area contributed by atoms with Crippen LogP contribution in [0.3, 0.4) is 0 Å². The van der Waals surface area contributed by atoms with Gasteiger partial charge in [0.1, 0.15) is 6.10 Å². The van der Waals surface area contributed by atoms with E-state index >= 15 is 0 Å². The van der Waals surface area contributed by atoms with Crippen LogP contribution in [0.1, 0.15) is 11.7 Å². The van der Waals surface area contributed by atoms with Crippen molar-refractivity contribution in [2.45, 2.75) is 12.4 Å². The van der Waals surface area contributed by atoms with Gasteiger partial charge in [-0.25, -0.2) is 4.39 Å². The summed E-state index contributed by atoms with van der Waals surface area (Å²) < 4.78 is 27.9. The molecule has 1 aromatic rings. The quantitative estimate of drug-likeness (QED) is 0.778. The van der Waals surface area contributed by atoms with Gasteiger partial charge in [-0.15, -0.1) is 0 Å². The maximum Gasteiger partial charge on any atom is 0.187 e. The summed E-state index contributed by atoms with van der Waals surface area (Å²) in [5.41, 5.74) is 0.368. The zero-order valence-electron chi connectivity index (χ0n) is 9.44. The number of benzene rings is 1. The molecule has 4 nitrogen and oxygen atoms in total. The van der Waals surface area contributed by atoms with Gasteiger partial charge in [0, 0.05) is 14.2 Å². The van der Waals surface area contributed by atoms with Gasteiger partial charge in [0.15, 0.2) is 17.9 Å². The van der Waals surface area contributed by atoms with E-state index in [1.807, 2.05) is 0 Å². The summed E-state index contributed by atoms with van der Waals surface area (Å²) in [5, 5.41) is 9.81. The van der Waals surface area contributed by atoms with Gasteiger partial charge in [0.2, 0.25) is 0 Å². The Morgan fingerprint density at radius 3 is 2.25 bits per heavy atom. The molecule has 0 saturated carbocycles. The lowest BCUT2D eigenvalue weighted by Crippen LogP contribution is -2.22. The molecular weight excluding hydrogens is 215 g/mol. The summed E-state index contributed by atoms with van der Waals surface area (Å²) in [4.78, 5) is 0. The molecule has 1 unspecified atom stereocenters. The van der Waals surface area contributed by atoms with Crippen LogP contribution in [0, 0.1) is 5.82 Å². The fourth-order valence-electron chi connectivity index (χ4n) is 1.38. The molecule has 0 bridgehead atoms. The average Bonchev–Trinajstić information content (AvgIpc) is 2.30. The normalized spacial score (nSPS) is 12.9. The lowest BCUT2D eigenvalue weighted by Gasteiger charge is -2.20. The molecule has 0 aliphatic rings. The van der Waals surface area contributed by atoms with Crippen LogP contribution in [0.2, 0.25) is 0 Å². The number of hydrogen-bond donors (Lipinski definition) is 1. The van der Waals surface area contributed by atoms with Crippen molar-refractivity contribution in [3.8, 4) is 5.75 Å². The van der Waals surface area contributed by atoms with Crippen LogP contribution < -0.4 is 4.74 Å². The number of rotatable bonds is 5. The fourth-order valence-corrected chi connectivity index (χ4v) is 1.38. The average molecular weight is 230 g/mol. The number of hydrogen-bond acceptors (Lipinski definition) is 4. The molecule has 1 atom stereocenters. The van der Waals surface area contributed by atoms with Crippen LogP contribution >= 0.6 is 0 Å². The highest BCUT2D eigenvalue weighted by atomic mass is 19.1. The highest BCUT2D eigenvalue weighted by Gasteiger charge is 2.21. The van der Waals surface area contributed by atoms with Gasteiger partial charge in [-0.05, 0) is 17.7 Å². The molecule has 0 saturated heterocycles. The third-order valence-corrected chi connectivity index (χ3v) is 2.24. The van der Waals surface area contributed by atoms with Crippen molar-refractivity contribution in [3.63, 3.8) is 0 Å². The first-order valence-corrected chi connectivity index (χ1v) is 4.71. The first-order chi connectivity index (χ1) is 7.63. The molecule has 0 fully saturated rings. The third-order valence-electron chi connectivity index (χ3n) is 2.24. The van der Waals surface area contributed by atoms with Crippen LogP contribution in [0.25, 0.3) is 0 Å². The van der Waals surface area contributed by atoms with E-state index in [0.29, 0.717) is 5.56 Å². The van der Waals surface area contributed by atoms with Crippen molar-refractivity contribution < 1.29 is 23.7 Å². The number of methoxy groups -OCH3 is 3. The highest BCUT2D eigenvalue weighted by Crippen LogP contribution is 2.24. The zero-order valence-corrected chi connectivity index (χ0v) is 9.44. The minimum absolute atomic E-state index is 0.127. The molecular formula is C11H15FO4. The second kappa shape index (κ2) is 5.79. The van der Waals surface area contributed by atoms with Crippen LogP contribution in [0.15, 0.2) is 18.2 Å². The summed E-state index contributed by atoms with van der Waals surface area (Å²) >= 11 is 0. The van der Waals surface area contributed by atoms with E-state index in [0.717, 1.165) is 0 Å². The van der Waals surface area contributed by atoms with Gasteiger partial charge in [-0.3, -0.25) is 0 Å². The van der Waals surface area contributed by atoms with Gasteiger partial charge in [0.25, 0.3) is 0 Å². The molecule has 0 spiro atoms. The van der Waals surface area contributed by atoms with Gasteiger partial charge in [-0.1, -0.05) is 6.07 Å². The Hall–Kier alpha value is -1.17. The minimum atomic E-state index is -1.05. The molecule has 1 rings (SSSR count). The predicted molar refractivity (Wildman–Crippen MR) is 55.7 cm³/mol. The molecule has 0 amide bonds. The van der Waals surface area contributed by atoms with Gasteiger partial charge < -0.3 is 19.3 Å². The molecule has 5 heteroatoms. The molecule has 0 heterocycles. The zero-order chi connectivity index (χ0) is 12.1. The molecule has 90 valence electrons. The lowest BCUT2D eigenvalue weighted by atomic mass is 10.1. The van der Waals surface area contributed by atoms with E-state index in [4.69, 9.17) is 14.2 Å². The number of halogens is 1. The first kappa shape index (κ1) is 12.9. The summed E-state index contributed by atoms with van der Waals surface area (Å²) in [6, 6.07) is 4.18. The largest absolute Gasteiger partial charge is 0.494 e. The first-order valence-electron chi connectivity index (χ1n) is 4.71. The van der Waals surface area contributed by atoms with Crippen LogP contribution in [0.5, 0.6) is 5.75 Å². The van der Waals surface area contributed by atoms with E-state index in [9.17, 15) is 9.50 Å². The second-order valence-electron chi connectivity index (χ2n) is 3.18. The third kappa shape index (κ3) is 2.69. The standard InChI is InChI=1S/C11H15FO4/c1-14-9-5-4-7(6-8(9)12)10(13)11(15-2)16-3/h4-6,10-11,13H,1-3H3. The number of aliphatic hydroxyl groups is 1. The van der Waals surface area contributed by atoms with Crippen molar-refractivity contribution in [3.05, 3.63) is 29.6 Å². The monoisotopic (exact) mass is 230 g/mol. The Kier molecular flexibility index (Phi) is 4.67. The van der Waals surface area contributed by atoms with Crippen molar-refractivity contribution in [2.24, 2.45) is 0 Å². The minimum Gasteiger partial charge on any atom is -0.494 e. The summed E-state index contributed by atoms with van der Waals surface area (Å²) in [5.74, 6) is -0.410. The maximum absolute atomic E-state index is 13.4. The van der Waals surface area contributed by atoms with E-state index < -0.39 is 18.2 Å². The predicted octanol–water partition coefficient (Wildman–Crippen LogP) is 1.49. The van der Waals surface area contributed by atoms with E-state index in [1.165, 1.54) is 33.5 Å². The molecule has 0 radical (unpaired) electrons. The Bertz CT molecular complexity index is 339. The Morgan fingerprint density at radius 1 is 1.19 bits per heavy atom. The highest BCUT2D eigenvalue weighted by molar-refractivity contribution is 5.30.